The second-order valence-electron chi connectivity index (χ2n) is 3.39. The monoisotopic (exact) mass is 274 g/mol. The lowest BCUT2D eigenvalue weighted by atomic mass is 10.3. The molecule has 0 aliphatic heterocycles. The van der Waals surface area contributed by atoms with Crippen LogP contribution in [0.25, 0.3) is 0 Å². The van der Waals surface area contributed by atoms with Crippen molar-refractivity contribution in [2.75, 3.05) is 24.2 Å². The Morgan fingerprint density at radius 3 is 2.83 bits per heavy atom. The van der Waals surface area contributed by atoms with E-state index in [1.807, 2.05) is 0 Å². The average molecular weight is 274 g/mol. The van der Waals surface area contributed by atoms with E-state index in [1.54, 1.807) is 6.92 Å². The molecule has 1 aromatic rings. The normalized spacial score (nSPS) is 11.2. The average Bonchev–Trinajstić information content (AvgIpc) is 2.29. The van der Waals surface area contributed by atoms with Gasteiger partial charge in [0.2, 0.25) is 10.0 Å². The molecule has 1 aromatic heterocycles. The van der Waals surface area contributed by atoms with E-state index in [1.165, 1.54) is 12.3 Å². The first-order valence-electron chi connectivity index (χ1n) is 5.26. The molecule has 0 fully saturated rings. The minimum atomic E-state index is -3.33. The Balaban J connectivity index is 2.62. The molecule has 0 amide bonds. The summed E-state index contributed by atoms with van der Waals surface area (Å²) in [5, 5.41) is 13.4. The molecule has 0 aliphatic rings. The summed E-state index contributed by atoms with van der Waals surface area (Å²) in [5.41, 5.74) is 0.0695. The molecule has 1 rings (SSSR count). The SMILES string of the molecule is CCNS(=O)(=O)CCNc1ccncc1[N+](=O)[O-]. The first-order valence-corrected chi connectivity index (χ1v) is 6.91. The third-order valence-electron chi connectivity index (χ3n) is 2.05. The van der Waals surface area contributed by atoms with E-state index in [0.717, 1.165) is 6.20 Å². The molecular weight excluding hydrogens is 260 g/mol. The molecule has 0 radical (unpaired) electrons. The summed E-state index contributed by atoms with van der Waals surface area (Å²) in [4.78, 5) is 13.7. The van der Waals surface area contributed by atoms with Crippen LogP contribution in [0.1, 0.15) is 6.92 Å². The molecule has 0 spiro atoms. The van der Waals surface area contributed by atoms with Gasteiger partial charge < -0.3 is 5.32 Å². The van der Waals surface area contributed by atoms with Crippen LogP contribution in [0.15, 0.2) is 18.5 Å². The van der Waals surface area contributed by atoms with Crippen molar-refractivity contribution in [1.82, 2.24) is 9.71 Å². The fraction of sp³-hybridized carbons (Fsp3) is 0.444. The predicted octanol–water partition coefficient (Wildman–Crippen LogP) is 0.341. The minimum absolute atomic E-state index is 0.0835. The number of aromatic nitrogens is 1. The van der Waals surface area contributed by atoms with Crippen molar-refractivity contribution in [3.05, 3.63) is 28.6 Å². The first kappa shape index (κ1) is 14.3. The molecule has 100 valence electrons. The van der Waals surface area contributed by atoms with Crippen LogP contribution in [0, 0.1) is 10.1 Å². The van der Waals surface area contributed by atoms with E-state index >= 15 is 0 Å². The molecule has 0 aromatic carbocycles. The quantitative estimate of drug-likeness (QED) is 0.547. The summed E-state index contributed by atoms with van der Waals surface area (Å²) in [6, 6.07) is 1.43. The Labute approximate surface area is 105 Å². The maximum absolute atomic E-state index is 11.3. The Bertz CT molecular complexity index is 517. The van der Waals surface area contributed by atoms with Crippen molar-refractivity contribution < 1.29 is 13.3 Å². The van der Waals surface area contributed by atoms with E-state index in [4.69, 9.17) is 0 Å². The van der Waals surface area contributed by atoms with Crippen LogP contribution < -0.4 is 10.0 Å². The Morgan fingerprint density at radius 1 is 1.50 bits per heavy atom. The summed E-state index contributed by atoms with van der Waals surface area (Å²) in [5.74, 6) is -0.152. The second-order valence-corrected chi connectivity index (χ2v) is 5.32. The molecule has 18 heavy (non-hydrogen) atoms. The summed E-state index contributed by atoms with van der Waals surface area (Å²) in [6.07, 6.45) is 2.51. The van der Waals surface area contributed by atoms with Crippen LogP contribution >= 0.6 is 0 Å². The fourth-order valence-electron chi connectivity index (χ4n) is 1.29. The van der Waals surface area contributed by atoms with Crippen LogP contribution in [-0.2, 0) is 10.0 Å². The zero-order valence-corrected chi connectivity index (χ0v) is 10.6. The molecule has 9 heteroatoms. The van der Waals surface area contributed by atoms with E-state index in [0.29, 0.717) is 6.54 Å². The summed E-state index contributed by atoms with van der Waals surface area (Å²) in [7, 11) is -3.33. The molecule has 0 bridgehead atoms. The largest absolute Gasteiger partial charge is 0.378 e. The minimum Gasteiger partial charge on any atom is -0.378 e. The van der Waals surface area contributed by atoms with Crippen LogP contribution in [0.3, 0.4) is 0 Å². The van der Waals surface area contributed by atoms with Crippen molar-refractivity contribution in [1.29, 1.82) is 0 Å². The highest BCUT2D eigenvalue weighted by Crippen LogP contribution is 2.21. The van der Waals surface area contributed by atoms with E-state index < -0.39 is 14.9 Å². The van der Waals surface area contributed by atoms with Gasteiger partial charge in [0, 0.05) is 19.3 Å². The third-order valence-corrected chi connectivity index (χ3v) is 3.52. The molecule has 2 N–H and O–H groups in total. The van der Waals surface area contributed by atoms with Crippen LogP contribution in [0.4, 0.5) is 11.4 Å². The van der Waals surface area contributed by atoms with Gasteiger partial charge in [0.25, 0.3) is 0 Å². The molecule has 0 aliphatic carbocycles. The Morgan fingerprint density at radius 2 is 2.22 bits per heavy atom. The lowest BCUT2D eigenvalue weighted by molar-refractivity contribution is -0.384. The molecule has 0 saturated heterocycles. The maximum atomic E-state index is 11.3. The van der Waals surface area contributed by atoms with E-state index in [9.17, 15) is 18.5 Å². The van der Waals surface area contributed by atoms with E-state index in [2.05, 4.69) is 15.0 Å². The predicted molar refractivity (Wildman–Crippen MR) is 66.8 cm³/mol. The number of nitro groups is 1. The summed E-state index contributed by atoms with van der Waals surface area (Å²) >= 11 is 0. The number of hydrogen-bond acceptors (Lipinski definition) is 6. The summed E-state index contributed by atoms with van der Waals surface area (Å²) < 4.78 is 25.0. The number of anilines is 1. The smallest absolute Gasteiger partial charge is 0.310 e. The highest BCUT2D eigenvalue weighted by molar-refractivity contribution is 7.89. The van der Waals surface area contributed by atoms with Crippen molar-refractivity contribution in [3.63, 3.8) is 0 Å². The topological polar surface area (TPSA) is 114 Å². The molecule has 8 nitrogen and oxygen atoms in total. The zero-order chi connectivity index (χ0) is 13.6. The fourth-order valence-corrected chi connectivity index (χ4v) is 2.25. The number of pyridine rings is 1. The van der Waals surface area contributed by atoms with Crippen LogP contribution in [-0.4, -0.2) is 37.2 Å². The number of nitrogens with zero attached hydrogens (tertiary/aromatic N) is 2. The van der Waals surface area contributed by atoms with Gasteiger partial charge in [0.15, 0.2) is 0 Å². The first-order chi connectivity index (χ1) is 8.46. The number of rotatable bonds is 7. The molecule has 0 atom stereocenters. The Hall–Kier alpha value is -1.74. The van der Waals surface area contributed by atoms with Gasteiger partial charge in [-0.1, -0.05) is 6.92 Å². The molecule has 0 unspecified atom stereocenters. The second kappa shape index (κ2) is 6.26. The van der Waals surface area contributed by atoms with Gasteiger partial charge in [-0.15, -0.1) is 0 Å². The van der Waals surface area contributed by atoms with Gasteiger partial charge in [-0.3, -0.25) is 15.1 Å². The third kappa shape index (κ3) is 4.26. The lowest BCUT2D eigenvalue weighted by Gasteiger charge is -2.07. The highest BCUT2D eigenvalue weighted by Gasteiger charge is 2.14. The highest BCUT2D eigenvalue weighted by atomic mass is 32.2. The maximum Gasteiger partial charge on any atom is 0.310 e. The molecule has 1 heterocycles. The Kier molecular flexibility index (Phi) is 4.98. The number of nitrogens with one attached hydrogen (secondary N) is 2. The van der Waals surface area contributed by atoms with Gasteiger partial charge in [-0.05, 0) is 6.07 Å². The number of sulfonamides is 1. The van der Waals surface area contributed by atoms with E-state index in [-0.39, 0.29) is 23.7 Å². The van der Waals surface area contributed by atoms with Gasteiger partial charge in [0.1, 0.15) is 11.9 Å². The van der Waals surface area contributed by atoms with Crippen molar-refractivity contribution in [2.45, 2.75) is 6.92 Å². The molecular formula is C9H14N4O4S. The van der Waals surface area contributed by atoms with Gasteiger partial charge in [0.05, 0.1) is 10.7 Å². The summed E-state index contributed by atoms with van der Waals surface area (Å²) in [6.45, 7) is 2.08. The van der Waals surface area contributed by atoms with Gasteiger partial charge in [-0.2, -0.15) is 0 Å². The zero-order valence-electron chi connectivity index (χ0n) is 9.79. The van der Waals surface area contributed by atoms with Gasteiger partial charge >= 0.3 is 5.69 Å². The van der Waals surface area contributed by atoms with Crippen LogP contribution in [0.5, 0.6) is 0 Å². The lowest BCUT2D eigenvalue weighted by Crippen LogP contribution is -2.29. The standard InChI is InChI=1S/C9H14N4O4S/c1-2-12-18(16,17)6-5-11-8-3-4-10-7-9(8)13(14)15/h3-4,7,12H,2,5-6H2,1H3,(H,10,11). The van der Waals surface area contributed by atoms with Crippen molar-refractivity contribution in [2.24, 2.45) is 0 Å². The van der Waals surface area contributed by atoms with Crippen molar-refractivity contribution in [3.8, 4) is 0 Å². The van der Waals surface area contributed by atoms with Gasteiger partial charge in [-0.25, -0.2) is 13.1 Å². The van der Waals surface area contributed by atoms with Crippen molar-refractivity contribution >= 4 is 21.4 Å². The van der Waals surface area contributed by atoms with Crippen LogP contribution in [0.2, 0.25) is 0 Å². The number of hydrogen-bond donors (Lipinski definition) is 2. The molecule has 0 saturated carbocycles.